The maximum atomic E-state index is 12.5. The summed E-state index contributed by atoms with van der Waals surface area (Å²) in [5.41, 5.74) is 1.29. The summed E-state index contributed by atoms with van der Waals surface area (Å²) in [7, 11) is -2.44. The third kappa shape index (κ3) is 5.66. The number of ether oxygens (including phenoxy) is 1. The number of nitrogens with one attached hydrogen (secondary N) is 2. The van der Waals surface area contributed by atoms with Crippen LogP contribution in [0.3, 0.4) is 0 Å². The van der Waals surface area contributed by atoms with Crippen LogP contribution in [0.4, 0.5) is 11.5 Å². The summed E-state index contributed by atoms with van der Waals surface area (Å²) in [4.78, 5) is 19.8. The van der Waals surface area contributed by atoms with Crippen LogP contribution in [0.1, 0.15) is 5.56 Å². The highest BCUT2D eigenvalue weighted by Gasteiger charge is 2.16. The fourth-order valence-corrected chi connectivity index (χ4v) is 3.54. The van der Waals surface area contributed by atoms with Gasteiger partial charge in [0.1, 0.15) is 12.1 Å². The second-order valence-electron chi connectivity index (χ2n) is 5.93. The molecule has 1 aromatic heterocycles. The molecule has 150 valence electrons. The summed E-state index contributed by atoms with van der Waals surface area (Å²) in [6, 6.07) is 14.1. The molecule has 0 saturated carbocycles. The summed E-state index contributed by atoms with van der Waals surface area (Å²) in [6.45, 7) is 0. The van der Waals surface area contributed by atoms with Crippen LogP contribution in [0.5, 0.6) is 5.88 Å². The first-order chi connectivity index (χ1) is 13.9. The molecule has 0 unspecified atom stereocenters. The van der Waals surface area contributed by atoms with Crippen molar-refractivity contribution in [3.05, 3.63) is 71.5 Å². The zero-order valence-corrected chi connectivity index (χ0v) is 16.9. The van der Waals surface area contributed by atoms with E-state index < -0.39 is 10.0 Å². The number of aromatic nitrogens is 2. The highest BCUT2D eigenvalue weighted by Crippen LogP contribution is 2.19. The minimum absolute atomic E-state index is 0.0192. The van der Waals surface area contributed by atoms with Crippen molar-refractivity contribution >= 4 is 39.0 Å². The molecule has 0 aliphatic heterocycles. The Balaban J connectivity index is 1.65. The second-order valence-corrected chi connectivity index (χ2v) is 8.05. The molecule has 10 heteroatoms. The van der Waals surface area contributed by atoms with Crippen molar-refractivity contribution in [1.82, 2.24) is 9.97 Å². The number of sulfonamides is 1. The van der Waals surface area contributed by atoms with Gasteiger partial charge in [-0.25, -0.2) is 18.4 Å². The van der Waals surface area contributed by atoms with E-state index in [1.54, 1.807) is 24.3 Å². The Morgan fingerprint density at radius 3 is 2.41 bits per heavy atom. The van der Waals surface area contributed by atoms with E-state index in [0.29, 0.717) is 10.7 Å². The summed E-state index contributed by atoms with van der Waals surface area (Å²) in [6.07, 6.45) is 1.37. The fourth-order valence-electron chi connectivity index (χ4n) is 2.41. The molecule has 0 atom stereocenters. The van der Waals surface area contributed by atoms with Gasteiger partial charge in [-0.15, -0.1) is 0 Å². The number of hydrogen-bond donors (Lipinski definition) is 2. The van der Waals surface area contributed by atoms with Crippen molar-refractivity contribution < 1.29 is 17.9 Å². The smallest absolute Gasteiger partial charge is 0.263 e. The topological polar surface area (TPSA) is 110 Å². The Labute approximate surface area is 173 Å². The van der Waals surface area contributed by atoms with Crippen LogP contribution >= 0.6 is 11.6 Å². The van der Waals surface area contributed by atoms with Crippen molar-refractivity contribution in [2.24, 2.45) is 0 Å². The third-order valence-electron chi connectivity index (χ3n) is 3.82. The SMILES string of the molecule is COc1cc(NS(=O)(=O)c2ccc(NC(=O)Cc3ccc(Cl)cc3)cc2)ncn1. The molecule has 0 radical (unpaired) electrons. The lowest BCUT2D eigenvalue weighted by molar-refractivity contribution is -0.115. The van der Waals surface area contributed by atoms with Gasteiger partial charge in [0.2, 0.25) is 11.8 Å². The Kier molecular flexibility index (Phi) is 6.30. The maximum Gasteiger partial charge on any atom is 0.263 e. The molecule has 0 spiro atoms. The Bertz CT molecular complexity index is 1100. The number of anilines is 2. The van der Waals surface area contributed by atoms with E-state index in [-0.39, 0.29) is 28.9 Å². The molecular formula is C19H17ClN4O4S. The molecule has 0 fully saturated rings. The van der Waals surface area contributed by atoms with Crippen molar-refractivity contribution in [2.45, 2.75) is 11.3 Å². The van der Waals surface area contributed by atoms with E-state index in [4.69, 9.17) is 16.3 Å². The molecule has 1 amide bonds. The fraction of sp³-hybridized carbons (Fsp3) is 0.105. The molecule has 2 N–H and O–H groups in total. The quantitative estimate of drug-likeness (QED) is 0.593. The van der Waals surface area contributed by atoms with Crippen molar-refractivity contribution in [3.63, 3.8) is 0 Å². The van der Waals surface area contributed by atoms with E-state index in [1.807, 2.05) is 0 Å². The number of methoxy groups -OCH3 is 1. The first-order valence-electron chi connectivity index (χ1n) is 8.39. The number of carbonyl (C=O) groups excluding carboxylic acids is 1. The third-order valence-corrected chi connectivity index (χ3v) is 5.44. The lowest BCUT2D eigenvalue weighted by atomic mass is 10.1. The van der Waals surface area contributed by atoms with Crippen LogP contribution in [0.15, 0.2) is 65.8 Å². The summed E-state index contributed by atoms with van der Waals surface area (Å²) < 4.78 is 32.3. The number of nitrogens with zero attached hydrogens (tertiary/aromatic N) is 2. The van der Waals surface area contributed by atoms with E-state index in [0.717, 1.165) is 5.56 Å². The molecule has 0 bridgehead atoms. The minimum Gasteiger partial charge on any atom is -0.481 e. The van der Waals surface area contributed by atoms with E-state index in [9.17, 15) is 13.2 Å². The van der Waals surface area contributed by atoms with Gasteiger partial charge in [0.25, 0.3) is 10.0 Å². The predicted molar refractivity (Wildman–Crippen MR) is 110 cm³/mol. The molecule has 29 heavy (non-hydrogen) atoms. The van der Waals surface area contributed by atoms with Crippen molar-refractivity contribution in [2.75, 3.05) is 17.1 Å². The first-order valence-corrected chi connectivity index (χ1v) is 10.2. The summed E-state index contributed by atoms with van der Waals surface area (Å²) in [5, 5.41) is 3.32. The highest BCUT2D eigenvalue weighted by atomic mass is 35.5. The number of halogens is 1. The van der Waals surface area contributed by atoms with Crippen LogP contribution in [-0.4, -0.2) is 31.4 Å². The number of benzene rings is 2. The van der Waals surface area contributed by atoms with E-state index in [2.05, 4.69) is 20.0 Å². The summed E-state index contributed by atoms with van der Waals surface area (Å²) in [5.74, 6) is 0.0859. The number of amides is 1. The Morgan fingerprint density at radius 1 is 1.07 bits per heavy atom. The zero-order valence-electron chi connectivity index (χ0n) is 15.3. The summed E-state index contributed by atoms with van der Waals surface area (Å²) >= 11 is 5.83. The second kappa shape index (κ2) is 8.89. The van der Waals surface area contributed by atoms with Crippen LogP contribution in [0, 0.1) is 0 Å². The maximum absolute atomic E-state index is 12.5. The van der Waals surface area contributed by atoms with Crippen LogP contribution in [0.2, 0.25) is 5.02 Å². The average molecular weight is 433 g/mol. The van der Waals surface area contributed by atoms with Crippen LogP contribution < -0.4 is 14.8 Å². The monoisotopic (exact) mass is 432 g/mol. The Hall–Kier alpha value is -3.17. The van der Waals surface area contributed by atoms with E-state index >= 15 is 0 Å². The lowest BCUT2D eigenvalue weighted by Crippen LogP contribution is -2.16. The van der Waals surface area contributed by atoms with Gasteiger partial charge in [-0.2, -0.15) is 0 Å². The Morgan fingerprint density at radius 2 is 1.76 bits per heavy atom. The molecule has 1 heterocycles. The average Bonchev–Trinajstić information content (AvgIpc) is 2.70. The van der Waals surface area contributed by atoms with Gasteiger partial charge in [-0.3, -0.25) is 9.52 Å². The van der Waals surface area contributed by atoms with Gasteiger partial charge in [0, 0.05) is 16.8 Å². The van der Waals surface area contributed by atoms with Crippen LogP contribution in [-0.2, 0) is 21.2 Å². The molecule has 3 rings (SSSR count). The largest absolute Gasteiger partial charge is 0.481 e. The standard InChI is InChI=1S/C19H17ClN4O4S/c1-28-19-11-17(21-12-22-19)24-29(26,27)16-8-6-15(7-9-16)23-18(25)10-13-2-4-14(20)5-3-13/h2-9,11-12H,10H2,1H3,(H,23,25)(H,21,22,24). The number of carbonyl (C=O) groups is 1. The predicted octanol–water partition coefficient (Wildman–Crippen LogP) is 3.12. The molecule has 0 aliphatic rings. The molecule has 0 saturated heterocycles. The molecule has 3 aromatic rings. The minimum atomic E-state index is -3.86. The van der Waals surface area contributed by atoms with Gasteiger partial charge in [-0.1, -0.05) is 23.7 Å². The highest BCUT2D eigenvalue weighted by molar-refractivity contribution is 7.92. The van der Waals surface area contributed by atoms with Crippen molar-refractivity contribution in [1.29, 1.82) is 0 Å². The van der Waals surface area contributed by atoms with Gasteiger partial charge in [0.15, 0.2) is 0 Å². The number of hydrogen-bond acceptors (Lipinski definition) is 6. The first kappa shape index (κ1) is 20.6. The van der Waals surface area contributed by atoms with Gasteiger partial charge < -0.3 is 10.1 Å². The molecule has 2 aromatic carbocycles. The van der Waals surface area contributed by atoms with Gasteiger partial charge in [-0.05, 0) is 42.0 Å². The normalized spacial score (nSPS) is 11.0. The van der Waals surface area contributed by atoms with Crippen molar-refractivity contribution in [3.8, 4) is 5.88 Å². The van der Waals surface area contributed by atoms with Gasteiger partial charge >= 0.3 is 0 Å². The molecule has 0 aliphatic carbocycles. The zero-order chi connectivity index (χ0) is 20.9. The molecular weight excluding hydrogens is 416 g/mol. The molecule has 8 nitrogen and oxygen atoms in total. The van der Waals surface area contributed by atoms with Crippen LogP contribution in [0.25, 0.3) is 0 Å². The van der Waals surface area contributed by atoms with Gasteiger partial charge in [0.05, 0.1) is 18.4 Å². The van der Waals surface area contributed by atoms with E-state index in [1.165, 1.54) is 43.8 Å². The number of rotatable bonds is 7. The lowest BCUT2D eigenvalue weighted by Gasteiger charge is -2.09.